The molecule has 1 aromatic carbocycles. The van der Waals surface area contributed by atoms with Crippen molar-refractivity contribution in [2.75, 3.05) is 45.2 Å². The molecule has 2 aromatic rings. The number of benzene rings is 1. The van der Waals surface area contributed by atoms with Gasteiger partial charge in [0.25, 0.3) is 5.91 Å². The van der Waals surface area contributed by atoms with E-state index in [9.17, 15) is 9.59 Å². The summed E-state index contributed by atoms with van der Waals surface area (Å²) in [7, 11) is 3.82. The van der Waals surface area contributed by atoms with Gasteiger partial charge in [-0.1, -0.05) is 30.7 Å². The van der Waals surface area contributed by atoms with E-state index in [1.165, 1.54) is 6.42 Å². The number of anilines is 1. The third kappa shape index (κ3) is 4.47. The van der Waals surface area contributed by atoms with E-state index in [-0.39, 0.29) is 11.8 Å². The number of carbonyl (C=O) groups is 2. The normalized spacial score (nSPS) is 18.7. The lowest BCUT2D eigenvalue weighted by molar-refractivity contribution is -0.134. The number of aryl methyl sites for hydroxylation is 1. The van der Waals surface area contributed by atoms with Crippen LogP contribution in [-0.2, 0) is 4.79 Å². The predicted molar refractivity (Wildman–Crippen MR) is 131 cm³/mol. The lowest BCUT2D eigenvalue weighted by Gasteiger charge is -2.48. The van der Waals surface area contributed by atoms with Crippen LogP contribution in [0.15, 0.2) is 36.4 Å². The zero-order valence-corrected chi connectivity index (χ0v) is 20.0. The molecule has 3 heterocycles. The van der Waals surface area contributed by atoms with Crippen LogP contribution in [0, 0.1) is 6.92 Å². The number of piperidine rings is 2. The van der Waals surface area contributed by atoms with Gasteiger partial charge in [0.15, 0.2) is 0 Å². The van der Waals surface area contributed by atoms with Gasteiger partial charge in [-0.25, -0.2) is 4.98 Å². The lowest BCUT2D eigenvalue weighted by atomic mass is 9.83. The Hall–Kier alpha value is -2.93. The predicted octanol–water partition coefficient (Wildman–Crippen LogP) is 3.07. The van der Waals surface area contributed by atoms with Crippen molar-refractivity contribution >= 4 is 17.6 Å². The number of amides is 2. The van der Waals surface area contributed by atoms with Crippen LogP contribution in [0.3, 0.4) is 0 Å². The van der Waals surface area contributed by atoms with Gasteiger partial charge in [0, 0.05) is 32.7 Å². The molecule has 1 aromatic heterocycles. The smallest absolute Gasteiger partial charge is 0.257 e. The molecule has 176 valence electrons. The number of hydrogen-bond donors (Lipinski definition) is 1. The molecule has 2 aliphatic rings. The summed E-state index contributed by atoms with van der Waals surface area (Å²) in [4.78, 5) is 36.9. The zero-order chi connectivity index (χ0) is 23.6. The molecule has 0 aliphatic carbocycles. The summed E-state index contributed by atoms with van der Waals surface area (Å²) < 4.78 is 0. The Morgan fingerprint density at radius 1 is 0.970 bits per heavy atom. The highest BCUT2D eigenvalue weighted by atomic mass is 16.2. The van der Waals surface area contributed by atoms with E-state index in [0.717, 1.165) is 42.8 Å². The van der Waals surface area contributed by atoms with Gasteiger partial charge in [0.1, 0.15) is 11.4 Å². The molecule has 4 rings (SSSR count). The molecule has 2 fully saturated rings. The molecular weight excluding hydrogens is 414 g/mol. The van der Waals surface area contributed by atoms with Crippen LogP contribution < -0.4 is 10.6 Å². The number of nitrogens with zero attached hydrogens (tertiary/aromatic N) is 4. The summed E-state index contributed by atoms with van der Waals surface area (Å²) >= 11 is 0. The molecule has 2 saturated heterocycles. The second kappa shape index (κ2) is 9.51. The Morgan fingerprint density at radius 3 is 2.24 bits per heavy atom. The molecule has 0 atom stereocenters. The van der Waals surface area contributed by atoms with Crippen molar-refractivity contribution in [3.05, 3.63) is 47.5 Å². The minimum Gasteiger partial charge on any atom is -0.368 e. The Morgan fingerprint density at radius 2 is 1.64 bits per heavy atom. The maximum Gasteiger partial charge on any atom is 0.257 e. The molecule has 7 heteroatoms. The first kappa shape index (κ1) is 23.2. The number of aromatic nitrogens is 1. The first-order chi connectivity index (χ1) is 15.8. The molecule has 33 heavy (non-hydrogen) atoms. The third-order valence-electron chi connectivity index (χ3n) is 7.25. The molecular formula is C26H35N5O2. The fraction of sp³-hybridized carbons (Fsp3) is 0.500. The highest BCUT2D eigenvalue weighted by Gasteiger charge is 2.46. The van der Waals surface area contributed by atoms with Gasteiger partial charge in [-0.15, -0.1) is 0 Å². The summed E-state index contributed by atoms with van der Waals surface area (Å²) in [5.74, 6) is 0.359. The average molecular weight is 450 g/mol. The molecule has 7 nitrogen and oxygen atoms in total. The van der Waals surface area contributed by atoms with E-state index in [0.29, 0.717) is 37.3 Å². The van der Waals surface area contributed by atoms with Crippen molar-refractivity contribution < 1.29 is 9.59 Å². The summed E-state index contributed by atoms with van der Waals surface area (Å²) in [6.07, 6.45) is 4.57. The van der Waals surface area contributed by atoms with Crippen LogP contribution in [0.1, 0.15) is 48.0 Å². The largest absolute Gasteiger partial charge is 0.368 e. The van der Waals surface area contributed by atoms with Gasteiger partial charge in [-0.2, -0.15) is 0 Å². The molecule has 0 saturated carbocycles. The molecule has 2 amide bonds. The second-order valence-electron chi connectivity index (χ2n) is 9.51. The van der Waals surface area contributed by atoms with Crippen molar-refractivity contribution in [2.24, 2.45) is 5.73 Å². The zero-order valence-electron chi connectivity index (χ0n) is 20.0. The number of likely N-dealkylation sites (tertiary alicyclic amines) is 2. The molecule has 2 N–H and O–H groups in total. The Labute approximate surface area is 196 Å². The molecule has 0 unspecified atom stereocenters. The van der Waals surface area contributed by atoms with Crippen LogP contribution in [0.4, 0.5) is 5.82 Å². The van der Waals surface area contributed by atoms with Gasteiger partial charge in [0.2, 0.25) is 5.91 Å². The van der Waals surface area contributed by atoms with Crippen LogP contribution in [-0.4, -0.2) is 72.4 Å². The van der Waals surface area contributed by atoms with Crippen molar-refractivity contribution in [1.82, 2.24) is 14.8 Å². The molecule has 2 aliphatic heterocycles. The maximum absolute atomic E-state index is 13.5. The van der Waals surface area contributed by atoms with Gasteiger partial charge in [-0.05, 0) is 63.4 Å². The minimum atomic E-state index is -0.630. The van der Waals surface area contributed by atoms with Crippen LogP contribution in [0.25, 0.3) is 11.3 Å². The topological polar surface area (TPSA) is 82.8 Å². The van der Waals surface area contributed by atoms with Gasteiger partial charge >= 0.3 is 0 Å². The van der Waals surface area contributed by atoms with Crippen molar-refractivity contribution in [1.29, 1.82) is 0 Å². The standard InChI is InChI=1S/C26H35N5O2/c1-19-9-5-6-10-20(19)22-12-11-21(23(28-22)29(2)3)24(32)30-17-13-26(14-18-30,25(27)33)31-15-7-4-8-16-31/h5-6,9-12H,4,7-8,13-18H2,1-3H3,(H2,27,33). The first-order valence-corrected chi connectivity index (χ1v) is 11.9. The number of hydrogen-bond acceptors (Lipinski definition) is 5. The van der Waals surface area contributed by atoms with E-state index < -0.39 is 5.54 Å². The average Bonchev–Trinajstić information content (AvgIpc) is 2.84. The highest BCUT2D eigenvalue weighted by molar-refractivity contribution is 5.99. The minimum absolute atomic E-state index is 0.0424. The van der Waals surface area contributed by atoms with E-state index in [1.54, 1.807) is 0 Å². The number of nitrogens with two attached hydrogens (primary N) is 1. The van der Waals surface area contributed by atoms with E-state index >= 15 is 0 Å². The van der Waals surface area contributed by atoms with E-state index in [4.69, 9.17) is 10.7 Å². The first-order valence-electron chi connectivity index (χ1n) is 11.9. The van der Waals surface area contributed by atoms with Gasteiger partial charge in [0.05, 0.1) is 11.3 Å². The number of carbonyl (C=O) groups excluding carboxylic acids is 2. The van der Waals surface area contributed by atoms with Gasteiger partial charge in [-0.3, -0.25) is 14.5 Å². The fourth-order valence-electron chi connectivity index (χ4n) is 5.26. The number of primary amides is 1. The quantitative estimate of drug-likeness (QED) is 0.759. The van der Waals surface area contributed by atoms with Crippen molar-refractivity contribution in [2.45, 2.75) is 44.6 Å². The van der Waals surface area contributed by atoms with E-state index in [1.807, 2.05) is 54.2 Å². The summed E-state index contributed by atoms with van der Waals surface area (Å²) in [5.41, 5.74) is 8.92. The van der Waals surface area contributed by atoms with Crippen molar-refractivity contribution in [3.63, 3.8) is 0 Å². The SMILES string of the molecule is Cc1ccccc1-c1ccc(C(=O)N2CCC(C(N)=O)(N3CCCCC3)CC2)c(N(C)C)n1. The Kier molecular flexibility index (Phi) is 6.70. The number of rotatable bonds is 5. The summed E-state index contributed by atoms with van der Waals surface area (Å²) in [6, 6.07) is 11.9. The van der Waals surface area contributed by atoms with Gasteiger partial charge < -0.3 is 15.5 Å². The Bertz CT molecular complexity index is 1020. The fourth-order valence-corrected chi connectivity index (χ4v) is 5.26. The Balaban J connectivity index is 1.56. The highest BCUT2D eigenvalue weighted by Crippen LogP contribution is 2.33. The molecule has 0 spiro atoms. The summed E-state index contributed by atoms with van der Waals surface area (Å²) in [5, 5.41) is 0. The van der Waals surface area contributed by atoms with Crippen LogP contribution in [0.5, 0.6) is 0 Å². The van der Waals surface area contributed by atoms with E-state index in [2.05, 4.69) is 17.9 Å². The lowest BCUT2D eigenvalue weighted by Crippen LogP contribution is -2.63. The third-order valence-corrected chi connectivity index (χ3v) is 7.25. The molecule has 0 radical (unpaired) electrons. The molecule has 0 bridgehead atoms. The maximum atomic E-state index is 13.5. The van der Waals surface area contributed by atoms with Crippen LogP contribution in [0.2, 0.25) is 0 Å². The monoisotopic (exact) mass is 449 g/mol. The van der Waals surface area contributed by atoms with Crippen LogP contribution >= 0.6 is 0 Å². The van der Waals surface area contributed by atoms with Crippen molar-refractivity contribution in [3.8, 4) is 11.3 Å². The summed E-state index contributed by atoms with van der Waals surface area (Å²) in [6.45, 7) is 4.92. The number of pyridine rings is 1. The second-order valence-corrected chi connectivity index (χ2v) is 9.51.